The van der Waals surface area contributed by atoms with Crippen molar-refractivity contribution in [3.05, 3.63) is 21.7 Å². The minimum Gasteiger partial charge on any atom is -0.454 e. The van der Waals surface area contributed by atoms with Gasteiger partial charge in [-0.1, -0.05) is 0 Å². The molecule has 0 radical (unpaired) electrons. The van der Waals surface area contributed by atoms with Crippen LogP contribution in [0.3, 0.4) is 0 Å². The molecular formula is C12H20INO2. The molecule has 0 spiro atoms. The van der Waals surface area contributed by atoms with Gasteiger partial charge in [-0.3, -0.25) is 0 Å². The Hall–Kier alpha value is -0.0700. The average molecular weight is 337 g/mol. The third-order valence-corrected chi connectivity index (χ3v) is 2.71. The fourth-order valence-corrected chi connectivity index (χ4v) is 1.79. The Labute approximate surface area is 111 Å². The molecule has 3 nitrogen and oxygen atoms in total. The van der Waals surface area contributed by atoms with Crippen molar-refractivity contribution in [1.82, 2.24) is 5.32 Å². The Bertz CT molecular complexity index is 286. The number of unbranched alkanes of at least 4 members (excludes halogenated alkanes) is 1. The van der Waals surface area contributed by atoms with Crippen LogP contribution in [0.15, 0.2) is 16.5 Å². The number of halogens is 1. The highest BCUT2D eigenvalue weighted by molar-refractivity contribution is 14.1. The molecule has 1 aromatic rings. The van der Waals surface area contributed by atoms with Crippen LogP contribution in [-0.2, 0) is 11.3 Å². The Morgan fingerprint density at radius 3 is 2.81 bits per heavy atom. The second kappa shape index (κ2) is 8.08. The van der Waals surface area contributed by atoms with Gasteiger partial charge >= 0.3 is 0 Å². The number of hydrogen-bond donors (Lipinski definition) is 1. The molecule has 0 aliphatic rings. The van der Waals surface area contributed by atoms with Gasteiger partial charge in [-0.2, -0.15) is 0 Å². The van der Waals surface area contributed by atoms with Crippen molar-refractivity contribution in [2.45, 2.75) is 39.3 Å². The molecule has 0 saturated heterocycles. The molecule has 0 atom stereocenters. The van der Waals surface area contributed by atoms with Crippen LogP contribution in [0.1, 0.15) is 32.4 Å². The summed E-state index contributed by atoms with van der Waals surface area (Å²) in [5.74, 6) is 1.00. The van der Waals surface area contributed by atoms with Crippen LogP contribution >= 0.6 is 22.6 Å². The standard InChI is InChI=1S/C12H20INO2/c1-10(2)15-8-4-3-7-14-9-11-5-6-12(13)16-11/h5-6,10,14H,3-4,7-9H2,1-2H3. The lowest BCUT2D eigenvalue weighted by Gasteiger charge is -2.07. The first-order chi connectivity index (χ1) is 7.68. The summed E-state index contributed by atoms with van der Waals surface area (Å²) in [7, 11) is 0. The van der Waals surface area contributed by atoms with E-state index in [0.29, 0.717) is 6.10 Å². The van der Waals surface area contributed by atoms with E-state index in [4.69, 9.17) is 9.15 Å². The SMILES string of the molecule is CC(C)OCCCCNCc1ccc(I)o1. The van der Waals surface area contributed by atoms with Crippen LogP contribution in [0.25, 0.3) is 0 Å². The molecule has 0 unspecified atom stereocenters. The maximum Gasteiger partial charge on any atom is 0.164 e. The van der Waals surface area contributed by atoms with E-state index in [1.54, 1.807) is 0 Å². The maximum atomic E-state index is 5.46. The number of hydrogen-bond acceptors (Lipinski definition) is 3. The molecule has 16 heavy (non-hydrogen) atoms. The van der Waals surface area contributed by atoms with Gasteiger partial charge in [0, 0.05) is 6.61 Å². The highest BCUT2D eigenvalue weighted by Gasteiger charge is 1.98. The molecule has 0 fully saturated rings. The summed E-state index contributed by atoms with van der Waals surface area (Å²) in [6, 6.07) is 3.99. The third kappa shape index (κ3) is 6.50. The van der Waals surface area contributed by atoms with Crippen molar-refractivity contribution in [2.75, 3.05) is 13.2 Å². The molecule has 0 aliphatic heterocycles. The van der Waals surface area contributed by atoms with Gasteiger partial charge < -0.3 is 14.5 Å². The molecule has 92 valence electrons. The molecule has 0 bridgehead atoms. The minimum atomic E-state index is 0.346. The monoisotopic (exact) mass is 337 g/mol. The molecule has 1 aromatic heterocycles. The van der Waals surface area contributed by atoms with E-state index in [1.807, 2.05) is 12.1 Å². The van der Waals surface area contributed by atoms with Crippen molar-refractivity contribution in [3.63, 3.8) is 0 Å². The van der Waals surface area contributed by atoms with Crippen molar-refractivity contribution >= 4 is 22.6 Å². The number of ether oxygens (including phenoxy) is 1. The summed E-state index contributed by atoms with van der Waals surface area (Å²) in [4.78, 5) is 0. The first-order valence-corrected chi connectivity index (χ1v) is 6.83. The van der Waals surface area contributed by atoms with Crippen LogP contribution < -0.4 is 5.32 Å². The van der Waals surface area contributed by atoms with Gasteiger partial charge in [-0.15, -0.1) is 0 Å². The van der Waals surface area contributed by atoms with E-state index in [2.05, 4.69) is 41.8 Å². The summed E-state index contributed by atoms with van der Waals surface area (Å²) in [6.07, 6.45) is 2.60. The van der Waals surface area contributed by atoms with Crippen LogP contribution in [0.2, 0.25) is 0 Å². The Morgan fingerprint density at radius 1 is 1.38 bits per heavy atom. The van der Waals surface area contributed by atoms with Gasteiger partial charge in [0.1, 0.15) is 5.76 Å². The highest BCUT2D eigenvalue weighted by atomic mass is 127. The van der Waals surface area contributed by atoms with Gasteiger partial charge in [0.2, 0.25) is 0 Å². The molecule has 4 heteroatoms. The van der Waals surface area contributed by atoms with E-state index in [-0.39, 0.29) is 0 Å². The third-order valence-electron chi connectivity index (χ3n) is 2.13. The normalized spacial score (nSPS) is 11.2. The van der Waals surface area contributed by atoms with E-state index >= 15 is 0 Å². The van der Waals surface area contributed by atoms with Crippen molar-refractivity contribution in [3.8, 4) is 0 Å². The summed E-state index contributed by atoms with van der Waals surface area (Å²) in [5.41, 5.74) is 0. The second-order valence-electron chi connectivity index (χ2n) is 4.01. The highest BCUT2D eigenvalue weighted by Crippen LogP contribution is 2.09. The molecule has 0 saturated carbocycles. The smallest absolute Gasteiger partial charge is 0.164 e. The minimum absolute atomic E-state index is 0.346. The van der Waals surface area contributed by atoms with E-state index < -0.39 is 0 Å². The molecule has 0 aliphatic carbocycles. The zero-order valence-corrected chi connectivity index (χ0v) is 12.1. The number of rotatable bonds is 8. The molecule has 1 rings (SSSR count). The summed E-state index contributed by atoms with van der Waals surface area (Å²) < 4.78 is 11.8. The van der Waals surface area contributed by atoms with Crippen LogP contribution in [-0.4, -0.2) is 19.3 Å². The zero-order chi connectivity index (χ0) is 11.8. The van der Waals surface area contributed by atoms with E-state index in [9.17, 15) is 0 Å². The van der Waals surface area contributed by atoms with Gasteiger partial charge in [0.25, 0.3) is 0 Å². The lowest BCUT2D eigenvalue weighted by Crippen LogP contribution is -2.15. The van der Waals surface area contributed by atoms with E-state index in [0.717, 1.165) is 42.1 Å². The molecule has 1 N–H and O–H groups in total. The average Bonchev–Trinajstić information content (AvgIpc) is 2.62. The summed E-state index contributed by atoms with van der Waals surface area (Å²) in [5, 5.41) is 3.35. The maximum absolute atomic E-state index is 5.46. The summed E-state index contributed by atoms with van der Waals surface area (Å²) >= 11 is 2.18. The number of furan rings is 1. The van der Waals surface area contributed by atoms with Crippen molar-refractivity contribution in [2.24, 2.45) is 0 Å². The number of nitrogens with one attached hydrogen (secondary N) is 1. The Morgan fingerprint density at radius 2 is 2.19 bits per heavy atom. The van der Waals surface area contributed by atoms with Gasteiger partial charge in [0.15, 0.2) is 3.77 Å². The zero-order valence-electron chi connectivity index (χ0n) is 9.96. The largest absolute Gasteiger partial charge is 0.454 e. The molecular weight excluding hydrogens is 317 g/mol. The quantitative estimate of drug-likeness (QED) is 0.584. The van der Waals surface area contributed by atoms with Crippen LogP contribution in [0.5, 0.6) is 0 Å². The van der Waals surface area contributed by atoms with Gasteiger partial charge in [-0.25, -0.2) is 0 Å². The fraction of sp³-hybridized carbons (Fsp3) is 0.667. The van der Waals surface area contributed by atoms with Gasteiger partial charge in [-0.05, 0) is 68.0 Å². The molecule has 1 heterocycles. The van der Waals surface area contributed by atoms with Gasteiger partial charge in [0.05, 0.1) is 12.6 Å². The topological polar surface area (TPSA) is 34.4 Å². The molecule has 0 aromatic carbocycles. The van der Waals surface area contributed by atoms with E-state index in [1.165, 1.54) is 0 Å². The lowest BCUT2D eigenvalue weighted by molar-refractivity contribution is 0.0760. The second-order valence-corrected chi connectivity index (χ2v) is 5.07. The Kier molecular flexibility index (Phi) is 7.07. The van der Waals surface area contributed by atoms with Crippen LogP contribution in [0, 0.1) is 3.77 Å². The lowest BCUT2D eigenvalue weighted by atomic mass is 10.3. The first-order valence-electron chi connectivity index (χ1n) is 5.75. The predicted molar refractivity (Wildman–Crippen MR) is 73.5 cm³/mol. The van der Waals surface area contributed by atoms with Crippen molar-refractivity contribution < 1.29 is 9.15 Å². The first kappa shape index (κ1) is 14.0. The molecule has 0 amide bonds. The fourth-order valence-electron chi connectivity index (χ4n) is 1.33. The van der Waals surface area contributed by atoms with Crippen molar-refractivity contribution in [1.29, 1.82) is 0 Å². The Balaban J connectivity index is 1.92. The summed E-state index contributed by atoms with van der Waals surface area (Å²) in [6.45, 7) is 6.82. The van der Waals surface area contributed by atoms with Crippen LogP contribution in [0.4, 0.5) is 0 Å². The predicted octanol–water partition coefficient (Wildman–Crippen LogP) is 3.18.